The number of nitrogens with one attached hydrogen (secondary N) is 1. The van der Waals surface area contributed by atoms with Gasteiger partial charge in [0.05, 0.1) is 23.2 Å². The number of hydrogen-bond donors (Lipinski definition) is 2. The Morgan fingerprint density at radius 1 is 1.04 bits per heavy atom. The lowest BCUT2D eigenvalue weighted by molar-refractivity contribution is -0.137. The van der Waals surface area contributed by atoms with Crippen molar-refractivity contribution in [3.8, 4) is 0 Å². The van der Waals surface area contributed by atoms with E-state index in [0.29, 0.717) is 17.8 Å². The number of rotatable bonds is 5. The van der Waals surface area contributed by atoms with E-state index in [1.165, 1.54) is 18.5 Å². The standard InChI is InChI=1S/C19H18F3N3O/c1-2-15(17(26)12-7-9-13(10-8-12)19(20,21)22)25-18-14-5-3-4-6-16(14)23-11-24-18/h3-11,15,17,26H,2H2,1H3,(H,23,24,25). The summed E-state index contributed by atoms with van der Waals surface area (Å²) in [6, 6.07) is 11.6. The van der Waals surface area contributed by atoms with Crippen LogP contribution in [0.2, 0.25) is 0 Å². The summed E-state index contributed by atoms with van der Waals surface area (Å²) < 4.78 is 38.1. The van der Waals surface area contributed by atoms with Crippen LogP contribution in [0, 0.1) is 0 Å². The number of fused-ring (bicyclic) bond motifs is 1. The van der Waals surface area contributed by atoms with E-state index in [2.05, 4.69) is 15.3 Å². The molecule has 136 valence electrons. The van der Waals surface area contributed by atoms with Crippen LogP contribution in [-0.4, -0.2) is 21.1 Å². The number of hydrogen-bond acceptors (Lipinski definition) is 4. The lowest BCUT2D eigenvalue weighted by atomic mass is 9.99. The fourth-order valence-corrected chi connectivity index (χ4v) is 2.80. The van der Waals surface area contributed by atoms with Crippen LogP contribution in [0.5, 0.6) is 0 Å². The molecule has 2 aromatic carbocycles. The second kappa shape index (κ2) is 7.29. The SMILES string of the molecule is CCC(Nc1ncnc2ccccc12)C(O)c1ccc(C(F)(F)F)cc1. The molecule has 7 heteroatoms. The Morgan fingerprint density at radius 2 is 1.73 bits per heavy atom. The van der Waals surface area contributed by atoms with Crippen molar-refractivity contribution in [2.45, 2.75) is 31.7 Å². The Morgan fingerprint density at radius 3 is 2.38 bits per heavy atom. The summed E-state index contributed by atoms with van der Waals surface area (Å²) in [4.78, 5) is 8.43. The molecule has 3 aromatic rings. The smallest absolute Gasteiger partial charge is 0.386 e. The Balaban J connectivity index is 1.84. The van der Waals surface area contributed by atoms with Crippen molar-refractivity contribution in [1.29, 1.82) is 0 Å². The molecule has 1 heterocycles. The topological polar surface area (TPSA) is 58.0 Å². The van der Waals surface area contributed by atoms with Crippen LogP contribution in [-0.2, 0) is 6.18 Å². The summed E-state index contributed by atoms with van der Waals surface area (Å²) >= 11 is 0. The molecule has 4 nitrogen and oxygen atoms in total. The van der Waals surface area contributed by atoms with Crippen LogP contribution in [0.4, 0.5) is 19.0 Å². The van der Waals surface area contributed by atoms with Gasteiger partial charge < -0.3 is 10.4 Å². The molecule has 0 amide bonds. The van der Waals surface area contributed by atoms with Crippen molar-refractivity contribution in [3.05, 3.63) is 66.0 Å². The highest BCUT2D eigenvalue weighted by molar-refractivity contribution is 5.88. The van der Waals surface area contributed by atoms with E-state index in [0.717, 1.165) is 23.0 Å². The molecule has 2 N–H and O–H groups in total. The molecule has 0 aliphatic carbocycles. The number of anilines is 1. The molecule has 2 unspecified atom stereocenters. The summed E-state index contributed by atoms with van der Waals surface area (Å²) in [6.45, 7) is 1.88. The average molecular weight is 361 g/mol. The Bertz CT molecular complexity index is 876. The molecule has 0 saturated carbocycles. The van der Waals surface area contributed by atoms with E-state index >= 15 is 0 Å². The van der Waals surface area contributed by atoms with E-state index in [1.54, 1.807) is 0 Å². The molecular weight excluding hydrogens is 343 g/mol. The molecule has 0 aliphatic rings. The van der Waals surface area contributed by atoms with Gasteiger partial charge in [0.2, 0.25) is 0 Å². The monoisotopic (exact) mass is 361 g/mol. The first-order valence-corrected chi connectivity index (χ1v) is 8.21. The lowest BCUT2D eigenvalue weighted by Gasteiger charge is -2.24. The maximum atomic E-state index is 12.7. The number of para-hydroxylation sites is 1. The van der Waals surface area contributed by atoms with Crippen LogP contribution in [0.15, 0.2) is 54.9 Å². The zero-order chi connectivity index (χ0) is 18.7. The molecule has 0 fully saturated rings. The zero-order valence-electron chi connectivity index (χ0n) is 14.0. The van der Waals surface area contributed by atoms with Crippen LogP contribution < -0.4 is 5.32 Å². The van der Waals surface area contributed by atoms with Crippen LogP contribution in [0.1, 0.15) is 30.6 Å². The quantitative estimate of drug-likeness (QED) is 0.699. The second-order valence-electron chi connectivity index (χ2n) is 5.96. The summed E-state index contributed by atoms with van der Waals surface area (Å²) in [6.07, 6.45) is -3.38. The molecule has 26 heavy (non-hydrogen) atoms. The Kier molecular flexibility index (Phi) is 5.08. The molecule has 3 rings (SSSR count). The molecule has 0 radical (unpaired) electrons. The van der Waals surface area contributed by atoms with Crippen LogP contribution in [0.3, 0.4) is 0 Å². The minimum atomic E-state index is -4.40. The first kappa shape index (κ1) is 18.1. The second-order valence-corrected chi connectivity index (χ2v) is 5.96. The normalized spacial score (nSPS) is 14.2. The van der Waals surface area contributed by atoms with Gasteiger partial charge in [-0.25, -0.2) is 9.97 Å². The van der Waals surface area contributed by atoms with Crippen molar-refractivity contribution in [3.63, 3.8) is 0 Å². The van der Waals surface area contributed by atoms with Gasteiger partial charge in [0.15, 0.2) is 0 Å². The van der Waals surface area contributed by atoms with E-state index in [4.69, 9.17) is 0 Å². The average Bonchev–Trinajstić information content (AvgIpc) is 2.65. The minimum Gasteiger partial charge on any atom is -0.386 e. The van der Waals surface area contributed by atoms with Gasteiger partial charge in [-0.15, -0.1) is 0 Å². The number of benzene rings is 2. The van der Waals surface area contributed by atoms with Crippen molar-refractivity contribution in [2.24, 2.45) is 0 Å². The van der Waals surface area contributed by atoms with Crippen molar-refractivity contribution in [2.75, 3.05) is 5.32 Å². The third-order valence-electron chi connectivity index (χ3n) is 4.27. The van der Waals surface area contributed by atoms with E-state index in [1.807, 2.05) is 31.2 Å². The van der Waals surface area contributed by atoms with E-state index in [9.17, 15) is 18.3 Å². The van der Waals surface area contributed by atoms with Crippen LogP contribution >= 0.6 is 0 Å². The highest BCUT2D eigenvalue weighted by Gasteiger charge is 2.30. The first-order chi connectivity index (χ1) is 12.4. The number of nitrogens with zero attached hydrogens (tertiary/aromatic N) is 2. The van der Waals surface area contributed by atoms with Gasteiger partial charge in [-0.05, 0) is 36.2 Å². The molecule has 0 aliphatic heterocycles. The van der Waals surface area contributed by atoms with E-state index < -0.39 is 23.9 Å². The van der Waals surface area contributed by atoms with Gasteiger partial charge in [0, 0.05) is 5.39 Å². The highest BCUT2D eigenvalue weighted by atomic mass is 19.4. The zero-order valence-corrected chi connectivity index (χ0v) is 14.0. The van der Waals surface area contributed by atoms with Gasteiger partial charge in [-0.1, -0.05) is 31.2 Å². The maximum Gasteiger partial charge on any atom is 0.416 e. The van der Waals surface area contributed by atoms with Crippen molar-refractivity contribution in [1.82, 2.24) is 9.97 Å². The van der Waals surface area contributed by atoms with Crippen LogP contribution in [0.25, 0.3) is 10.9 Å². The number of halogens is 3. The Hall–Kier alpha value is -2.67. The third-order valence-corrected chi connectivity index (χ3v) is 4.27. The summed E-state index contributed by atoms with van der Waals surface area (Å²) in [5, 5.41) is 14.6. The van der Waals surface area contributed by atoms with Crippen molar-refractivity contribution < 1.29 is 18.3 Å². The largest absolute Gasteiger partial charge is 0.416 e. The Labute approximate surface area is 148 Å². The molecular formula is C19H18F3N3O. The third kappa shape index (κ3) is 3.77. The number of aromatic nitrogens is 2. The molecule has 1 aromatic heterocycles. The number of aliphatic hydroxyl groups is 1. The molecule has 0 saturated heterocycles. The molecule has 2 atom stereocenters. The van der Waals surface area contributed by atoms with Gasteiger partial charge >= 0.3 is 6.18 Å². The van der Waals surface area contributed by atoms with Gasteiger partial charge in [-0.2, -0.15) is 13.2 Å². The van der Waals surface area contributed by atoms with E-state index in [-0.39, 0.29) is 0 Å². The number of alkyl halides is 3. The maximum absolute atomic E-state index is 12.7. The summed E-state index contributed by atoms with van der Waals surface area (Å²) in [5.41, 5.74) is 0.441. The van der Waals surface area contributed by atoms with Gasteiger partial charge in [0.25, 0.3) is 0 Å². The lowest BCUT2D eigenvalue weighted by Crippen LogP contribution is -2.27. The van der Waals surface area contributed by atoms with Gasteiger partial charge in [-0.3, -0.25) is 0 Å². The minimum absolute atomic E-state index is 0.412. The fourth-order valence-electron chi connectivity index (χ4n) is 2.80. The summed E-state index contributed by atoms with van der Waals surface area (Å²) in [5.74, 6) is 0.577. The highest BCUT2D eigenvalue weighted by Crippen LogP contribution is 2.31. The van der Waals surface area contributed by atoms with Gasteiger partial charge in [0.1, 0.15) is 12.1 Å². The molecule has 0 spiro atoms. The fraction of sp³-hybridized carbons (Fsp3) is 0.263. The van der Waals surface area contributed by atoms with Crippen molar-refractivity contribution >= 4 is 16.7 Å². The number of aliphatic hydroxyl groups excluding tert-OH is 1. The predicted molar refractivity (Wildman–Crippen MR) is 93.6 cm³/mol. The molecule has 0 bridgehead atoms. The predicted octanol–water partition coefficient (Wildman–Crippen LogP) is 4.57. The first-order valence-electron chi connectivity index (χ1n) is 8.21. The summed E-state index contributed by atoms with van der Waals surface area (Å²) in [7, 11) is 0.